The Kier molecular flexibility index (Phi) is 1.57. The normalized spacial score (nSPS) is 13.8. The van der Waals surface area contributed by atoms with E-state index < -0.39 is 0 Å². The quantitative estimate of drug-likeness (QED) is 0.418. The van der Waals surface area contributed by atoms with E-state index in [0.717, 1.165) is 6.67 Å². The van der Waals surface area contributed by atoms with Crippen LogP contribution in [0.4, 0.5) is 5.69 Å². The summed E-state index contributed by atoms with van der Waals surface area (Å²) in [5.74, 6) is 0. The minimum atomic E-state index is 0.924. The van der Waals surface area contributed by atoms with Gasteiger partial charge in [0.05, 0.1) is 11.1 Å². The molecular weight excluding hydrogens is 208 g/mol. The number of rotatable bonds is 0. The van der Waals surface area contributed by atoms with Gasteiger partial charge in [0.25, 0.3) is 0 Å². The average molecular weight is 221 g/mol. The first kappa shape index (κ1) is 8.99. The van der Waals surface area contributed by atoms with Crippen LogP contribution < -0.4 is 9.47 Å². The van der Waals surface area contributed by atoms with Crippen molar-refractivity contribution in [1.29, 1.82) is 0 Å². The number of hydrogen-bond donors (Lipinski definition) is 0. The zero-order valence-electron chi connectivity index (χ0n) is 9.72. The van der Waals surface area contributed by atoms with Crippen LogP contribution in [-0.2, 0) is 6.67 Å². The Morgan fingerprint density at radius 2 is 1.82 bits per heavy atom. The molecule has 82 valence electrons. The zero-order chi connectivity index (χ0) is 11.4. The van der Waals surface area contributed by atoms with Gasteiger partial charge in [-0.3, -0.25) is 0 Å². The summed E-state index contributed by atoms with van der Waals surface area (Å²) in [4.78, 5) is 2.30. The Morgan fingerprint density at radius 3 is 2.76 bits per heavy atom. The summed E-state index contributed by atoms with van der Waals surface area (Å²) in [5, 5.41) is 4.02. The van der Waals surface area contributed by atoms with E-state index in [1.165, 1.54) is 27.4 Å². The minimum absolute atomic E-state index is 0.924. The summed E-state index contributed by atoms with van der Waals surface area (Å²) in [5.41, 5.74) is 2.69. The number of hydrogen-bond acceptors (Lipinski definition) is 1. The zero-order valence-corrected chi connectivity index (χ0v) is 9.72. The molecule has 2 heteroatoms. The van der Waals surface area contributed by atoms with Gasteiger partial charge in [-0.05, 0) is 23.6 Å². The highest BCUT2D eigenvalue weighted by molar-refractivity contribution is 6.10. The van der Waals surface area contributed by atoms with Crippen LogP contribution >= 0.6 is 0 Å². The minimum Gasteiger partial charge on any atom is -0.319 e. The fourth-order valence-corrected chi connectivity index (χ4v) is 2.87. The van der Waals surface area contributed by atoms with Crippen LogP contribution in [-0.4, -0.2) is 7.05 Å². The smallest absolute Gasteiger partial charge is 0.224 e. The highest BCUT2D eigenvalue weighted by atomic mass is 15.2. The van der Waals surface area contributed by atoms with Crippen LogP contribution in [0.5, 0.6) is 0 Å². The van der Waals surface area contributed by atoms with Gasteiger partial charge in [-0.25, -0.2) is 0 Å². The third kappa shape index (κ3) is 1.07. The van der Waals surface area contributed by atoms with Crippen LogP contribution in [0.1, 0.15) is 0 Å². The molecule has 1 aliphatic rings. The maximum Gasteiger partial charge on any atom is 0.224 e. The Bertz CT molecular complexity index is 746. The Balaban J connectivity index is 2.37. The van der Waals surface area contributed by atoms with Crippen LogP contribution in [0.3, 0.4) is 0 Å². The number of pyridine rings is 1. The second-order valence-corrected chi connectivity index (χ2v) is 4.70. The summed E-state index contributed by atoms with van der Waals surface area (Å²) < 4.78 is 2.32. The number of anilines is 1. The van der Waals surface area contributed by atoms with E-state index in [4.69, 9.17) is 0 Å². The van der Waals surface area contributed by atoms with E-state index in [-0.39, 0.29) is 0 Å². The Morgan fingerprint density at radius 1 is 1.00 bits per heavy atom. The van der Waals surface area contributed by atoms with Crippen molar-refractivity contribution in [3.8, 4) is 0 Å². The Labute approximate surface area is 99.7 Å². The topological polar surface area (TPSA) is 7.12 Å². The first-order valence-electron chi connectivity index (χ1n) is 5.90. The van der Waals surface area contributed by atoms with Crippen molar-refractivity contribution in [2.75, 3.05) is 11.9 Å². The van der Waals surface area contributed by atoms with Gasteiger partial charge in [0.15, 0.2) is 6.20 Å². The molecule has 0 bridgehead atoms. The van der Waals surface area contributed by atoms with Crippen LogP contribution in [0.15, 0.2) is 48.7 Å². The summed E-state index contributed by atoms with van der Waals surface area (Å²) in [6.07, 6.45) is 2.16. The van der Waals surface area contributed by atoms with Crippen LogP contribution in [0.2, 0.25) is 0 Å². The van der Waals surface area contributed by atoms with E-state index in [0.29, 0.717) is 0 Å². The first-order chi connectivity index (χ1) is 8.34. The maximum atomic E-state index is 2.32. The van der Waals surface area contributed by atoms with Crippen molar-refractivity contribution in [2.45, 2.75) is 6.67 Å². The second kappa shape index (κ2) is 2.98. The molecule has 1 aliphatic heterocycles. The first-order valence-corrected chi connectivity index (χ1v) is 5.90. The van der Waals surface area contributed by atoms with Crippen molar-refractivity contribution in [3.63, 3.8) is 0 Å². The second-order valence-electron chi connectivity index (χ2n) is 4.70. The lowest BCUT2D eigenvalue weighted by Crippen LogP contribution is -2.45. The number of benzene rings is 2. The molecule has 0 atom stereocenters. The molecule has 0 saturated heterocycles. The largest absolute Gasteiger partial charge is 0.319 e. The molecular formula is C15H13N2+. The van der Waals surface area contributed by atoms with Gasteiger partial charge >= 0.3 is 0 Å². The summed E-state index contributed by atoms with van der Waals surface area (Å²) in [7, 11) is 2.15. The molecule has 2 heterocycles. The van der Waals surface area contributed by atoms with Crippen LogP contribution in [0.25, 0.3) is 21.7 Å². The van der Waals surface area contributed by atoms with Gasteiger partial charge in [-0.15, -0.1) is 0 Å². The van der Waals surface area contributed by atoms with Crippen molar-refractivity contribution in [3.05, 3.63) is 48.7 Å². The van der Waals surface area contributed by atoms with Crippen molar-refractivity contribution < 1.29 is 4.57 Å². The molecule has 0 saturated carbocycles. The summed E-state index contributed by atoms with van der Waals surface area (Å²) in [6, 6.07) is 15.3. The molecule has 4 rings (SSSR count). The molecule has 0 N–H and O–H groups in total. The van der Waals surface area contributed by atoms with Crippen molar-refractivity contribution >= 4 is 27.4 Å². The molecule has 0 amide bonds. The van der Waals surface area contributed by atoms with E-state index >= 15 is 0 Å². The third-order valence-electron chi connectivity index (χ3n) is 3.63. The molecule has 0 spiro atoms. The van der Waals surface area contributed by atoms with Crippen molar-refractivity contribution in [1.82, 2.24) is 0 Å². The SMILES string of the molecule is CN1C[n+]2cccc3ccc4cccc1c4c32. The number of nitrogens with zero attached hydrogens (tertiary/aromatic N) is 2. The van der Waals surface area contributed by atoms with E-state index in [1.54, 1.807) is 0 Å². The van der Waals surface area contributed by atoms with Crippen LogP contribution in [0, 0.1) is 0 Å². The predicted molar refractivity (Wildman–Crippen MR) is 70.1 cm³/mol. The van der Waals surface area contributed by atoms with Gasteiger partial charge < -0.3 is 4.90 Å². The lowest BCUT2D eigenvalue weighted by Gasteiger charge is -2.23. The van der Waals surface area contributed by atoms with Crippen molar-refractivity contribution in [2.24, 2.45) is 0 Å². The lowest BCUT2D eigenvalue weighted by molar-refractivity contribution is -0.670. The lowest BCUT2D eigenvalue weighted by atomic mass is 10.0. The molecule has 3 aromatic rings. The Hall–Kier alpha value is -2.09. The van der Waals surface area contributed by atoms with E-state index in [2.05, 4.69) is 65.2 Å². The fraction of sp³-hybridized carbons (Fsp3) is 0.133. The average Bonchev–Trinajstić information content (AvgIpc) is 2.37. The monoisotopic (exact) mass is 221 g/mol. The highest BCUT2D eigenvalue weighted by Gasteiger charge is 2.23. The van der Waals surface area contributed by atoms with Gasteiger partial charge in [-0.1, -0.05) is 18.2 Å². The molecule has 2 aromatic carbocycles. The molecule has 0 radical (unpaired) electrons. The summed E-state index contributed by atoms with van der Waals surface area (Å²) in [6.45, 7) is 0.924. The van der Waals surface area contributed by atoms with Gasteiger partial charge in [-0.2, -0.15) is 4.57 Å². The van der Waals surface area contributed by atoms with Gasteiger partial charge in [0.2, 0.25) is 12.2 Å². The molecule has 0 unspecified atom stereocenters. The molecule has 0 fully saturated rings. The van der Waals surface area contributed by atoms with Gasteiger partial charge in [0.1, 0.15) is 0 Å². The highest BCUT2D eigenvalue weighted by Crippen LogP contribution is 2.33. The third-order valence-corrected chi connectivity index (χ3v) is 3.63. The summed E-state index contributed by atoms with van der Waals surface area (Å²) >= 11 is 0. The van der Waals surface area contributed by atoms with Gasteiger partial charge in [0, 0.05) is 18.5 Å². The van der Waals surface area contributed by atoms with E-state index in [9.17, 15) is 0 Å². The molecule has 17 heavy (non-hydrogen) atoms. The molecule has 0 aliphatic carbocycles. The number of aromatic nitrogens is 1. The molecule has 2 nitrogen and oxygen atoms in total. The standard InChI is InChI=1S/C15H13N2/c1-16-10-17-9-3-5-12-8-7-11-4-2-6-13(16)14(11)15(12)17/h2-9H,10H2,1H3/q+1. The fourth-order valence-electron chi connectivity index (χ4n) is 2.87. The molecule has 1 aromatic heterocycles. The van der Waals surface area contributed by atoms with E-state index in [1.807, 2.05) is 0 Å². The maximum absolute atomic E-state index is 2.32. The predicted octanol–water partition coefficient (Wildman–Crippen LogP) is 2.69.